The van der Waals surface area contributed by atoms with Gasteiger partial charge in [0.1, 0.15) is 11.9 Å². The molecular formula is C11H15N5. The van der Waals surface area contributed by atoms with Gasteiger partial charge in [-0.2, -0.15) is 5.26 Å². The van der Waals surface area contributed by atoms with Crippen LogP contribution in [0.3, 0.4) is 0 Å². The van der Waals surface area contributed by atoms with Gasteiger partial charge in [-0.1, -0.05) is 0 Å². The number of hydrogen-bond acceptors (Lipinski definition) is 5. The number of anilines is 2. The van der Waals surface area contributed by atoms with Crippen LogP contribution in [0.5, 0.6) is 0 Å². The highest BCUT2D eigenvalue weighted by molar-refractivity contribution is 5.61. The summed E-state index contributed by atoms with van der Waals surface area (Å²) in [5, 5.41) is 12.4. The van der Waals surface area contributed by atoms with Crippen molar-refractivity contribution in [2.45, 2.75) is 18.8 Å². The van der Waals surface area contributed by atoms with Crippen LogP contribution in [0.25, 0.3) is 0 Å². The van der Waals surface area contributed by atoms with E-state index >= 15 is 0 Å². The predicted octanol–water partition coefficient (Wildman–Crippen LogP) is 0.585. The van der Waals surface area contributed by atoms with Crippen LogP contribution in [-0.4, -0.2) is 18.1 Å². The largest absolute Gasteiger partial charge is 0.397 e. The summed E-state index contributed by atoms with van der Waals surface area (Å²) in [7, 11) is 0. The number of pyridine rings is 1. The second-order valence-corrected chi connectivity index (χ2v) is 4.03. The summed E-state index contributed by atoms with van der Waals surface area (Å²) in [6.07, 6.45) is 1.95. The molecule has 0 amide bonds. The van der Waals surface area contributed by atoms with Crippen LogP contribution in [0.2, 0.25) is 0 Å². The molecule has 1 aromatic heterocycles. The van der Waals surface area contributed by atoms with Crippen LogP contribution >= 0.6 is 0 Å². The zero-order chi connectivity index (χ0) is 11.5. The molecule has 5 N–H and O–H groups in total. The lowest BCUT2D eigenvalue weighted by molar-refractivity contribution is 0.453. The van der Waals surface area contributed by atoms with Crippen molar-refractivity contribution in [2.24, 2.45) is 0 Å². The number of nitrogens with two attached hydrogens (primary N) is 2. The Bertz CT molecular complexity index is 429. The molecule has 1 aromatic rings. The van der Waals surface area contributed by atoms with E-state index in [0.717, 1.165) is 31.6 Å². The second-order valence-electron chi connectivity index (χ2n) is 4.03. The van der Waals surface area contributed by atoms with Crippen LogP contribution in [0, 0.1) is 11.3 Å². The summed E-state index contributed by atoms with van der Waals surface area (Å²) in [6, 6.07) is 3.67. The Morgan fingerprint density at radius 3 is 2.69 bits per heavy atom. The Labute approximate surface area is 94.5 Å². The highest BCUT2D eigenvalue weighted by Gasteiger charge is 2.21. The van der Waals surface area contributed by atoms with E-state index in [1.165, 1.54) is 0 Å². The third-order valence-corrected chi connectivity index (χ3v) is 2.94. The van der Waals surface area contributed by atoms with Crippen molar-refractivity contribution in [3.63, 3.8) is 0 Å². The minimum Gasteiger partial charge on any atom is -0.397 e. The molecule has 1 aliphatic heterocycles. The third kappa shape index (κ3) is 1.92. The van der Waals surface area contributed by atoms with E-state index in [0.29, 0.717) is 23.0 Å². The van der Waals surface area contributed by atoms with Crippen LogP contribution in [0.4, 0.5) is 11.5 Å². The predicted molar refractivity (Wildman–Crippen MR) is 62.6 cm³/mol. The van der Waals surface area contributed by atoms with E-state index in [-0.39, 0.29) is 0 Å². The maximum absolute atomic E-state index is 9.09. The van der Waals surface area contributed by atoms with Crippen LogP contribution in [-0.2, 0) is 0 Å². The topological polar surface area (TPSA) is 101 Å². The Morgan fingerprint density at radius 1 is 1.38 bits per heavy atom. The zero-order valence-corrected chi connectivity index (χ0v) is 9.03. The van der Waals surface area contributed by atoms with Crippen molar-refractivity contribution in [1.29, 1.82) is 5.26 Å². The number of nitrogen functional groups attached to an aromatic ring is 2. The minimum absolute atomic E-state index is 0.293. The van der Waals surface area contributed by atoms with E-state index in [4.69, 9.17) is 16.7 Å². The Morgan fingerprint density at radius 2 is 2.06 bits per heavy atom. The molecule has 0 saturated carbocycles. The molecule has 0 bridgehead atoms. The maximum atomic E-state index is 9.09. The Kier molecular flexibility index (Phi) is 2.93. The minimum atomic E-state index is 0.293. The fourth-order valence-corrected chi connectivity index (χ4v) is 2.12. The zero-order valence-electron chi connectivity index (χ0n) is 9.03. The first-order valence-corrected chi connectivity index (χ1v) is 5.39. The molecule has 0 aliphatic carbocycles. The number of rotatable bonds is 1. The normalized spacial score (nSPS) is 16.9. The molecule has 0 spiro atoms. The van der Waals surface area contributed by atoms with E-state index in [9.17, 15) is 0 Å². The maximum Gasteiger partial charge on any atom is 0.125 e. The SMILES string of the molecule is N#Cc1c(N)cc(N)nc1C1CCNCC1. The van der Waals surface area contributed by atoms with E-state index < -0.39 is 0 Å². The molecule has 1 aliphatic rings. The molecule has 0 radical (unpaired) electrons. The summed E-state index contributed by atoms with van der Waals surface area (Å²) in [4.78, 5) is 4.28. The van der Waals surface area contributed by atoms with Gasteiger partial charge in [0.05, 0.1) is 16.9 Å². The standard InChI is InChI=1S/C11H15N5/c12-6-8-9(13)5-10(14)16-11(8)7-1-3-15-4-2-7/h5,7,15H,1-4H2,(H4,13,14,16). The smallest absolute Gasteiger partial charge is 0.125 e. The van der Waals surface area contributed by atoms with Gasteiger partial charge in [-0.05, 0) is 25.9 Å². The molecule has 2 rings (SSSR count). The fourth-order valence-electron chi connectivity index (χ4n) is 2.12. The van der Waals surface area contributed by atoms with Crippen molar-refractivity contribution in [1.82, 2.24) is 10.3 Å². The van der Waals surface area contributed by atoms with Crippen LogP contribution in [0.15, 0.2) is 6.07 Å². The lowest BCUT2D eigenvalue weighted by Gasteiger charge is -2.23. The average molecular weight is 217 g/mol. The van der Waals surface area contributed by atoms with Gasteiger partial charge in [-0.25, -0.2) is 4.98 Å². The van der Waals surface area contributed by atoms with E-state index in [1.54, 1.807) is 6.07 Å². The first kappa shape index (κ1) is 10.7. The first-order valence-electron chi connectivity index (χ1n) is 5.39. The van der Waals surface area contributed by atoms with Gasteiger partial charge >= 0.3 is 0 Å². The number of aromatic nitrogens is 1. The van der Waals surface area contributed by atoms with Gasteiger partial charge in [-0.3, -0.25) is 0 Å². The first-order chi connectivity index (χ1) is 7.72. The number of nitriles is 1. The molecule has 0 atom stereocenters. The Balaban J connectivity index is 2.42. The second kappa shape index (κ2) is 4.37. The molecule has 5 nitrogen and oxygen atoms in total. The van der Waals surface area contributed by atoms with Crippen molar-refractivity contribution in [3.05, 3.63) is 17.3 Å². The highest BCUT2D eigenvalue weighted by Crippen LogP contribution is 2.29. The third-order valence-electron chi connectivity index (χ3n) is 2.94. The molecule has 0 aromatic carbocycles. The van der Waals surface area contributed by atoms with Gasteiger partial charge in [0.25, 0.3) is 0 Å². The van der Waals surface area contributed by atoms with Gasteiger partial charge < -0.3 is 16.8 Å². The molecule has 5 heteroatoms. The summed E-state index contributed by atoms with van der Waals surface area (Å²) in [6.45, 7) is 1.90. The molecule has 1 saturated heterocycles. The number of nitrogens with one attached hydrogen (secondary N) is 1. The molecule has 0 unspecified atom stereocenters. The number of hydrogen-bond donors (Lipinski definition) is 3. The number of piperidine rings is 1. The lowest BCUT2D eigenvalue weighted by atomic mass is 9.91. The fraction of sp³-hybridized carbons (Fsp3) is 0.455. The quantitative estimate of drug-likeness (QED) is 0.639. The monoisotopic (exact) mass is 217 g/mol. The van der Waals surface area contributed by atoms with Gasteiger partial charge in [0.15, 0.2) is 0 Å². The summed E-state index contributed by atoms with van der Waals surface area (Å²) in [5.74, 6) is 0.687. The molecule has 84 valence electrons. The summed E-state index contributed by atoms with van der Waals surface area (Å²) < 4.78 is 0. The Hall–Kier alpha value is -1.80. The van der Waals surface area contributed by atoms with Crippen LogP contribution < -0.4 is 16.8 Å². The molecule has 1 fully saturated rings. The average Bonchev–Trinajstić information content (AvgIpc) is 2.29. The van der Waals surface area contributed by atoms with Gasteiger partial charge in [-0.15, -0.1) is 0 Å². The lowest BCUT2D eigenvalue weighted by Crippen LogP contribution is -2.27. The van der Waals surface area contributed by atoms with Crippen LogP contribution in [0.1, 0.15) is 30.0 Å². The molecular weight excluding hydrogens is 202 g/mol. The van der Waals surface area contributed by atoms with Gasteiger partial charge in [0, 0.05) is 12.0 Å². The van der Waals surface area contributed by atoms with Crippen molar-refractivity contribution >= 4 is 11.5 Å². The highest BCUT2D eigenvalue weighted by atomic mass is 14.9. The van der Waals surface area contributed by atoms with E-state index in [2.05, 4.69) is 16.4 Å². The van der Waals surface area contributed by atoms with Gasteiger partial charge in [0.2, 0.25) is 0 Å². The molecule has 2 heterocycles. The molecule has 16 heavy (non-hydrogen) atoms. The summed E-state index contributed by atoms with van der Waals surface area (Å²) >= 11 is 0. The van der Waals surface area contributed by atoms with Crippen molar-refractivity contribution in [3.8, 4) is 6.07 Å². The number of nitrogens with zero attached hydrogens (tertiary/aromatic N) is 2. The van der Waals surface area contributed by atoms with Crippen molar-refractivity contribution < 1.29 is 0 Å². The van der Waals surface area contributed by atoms with Crippen molar-refractivity contribution in [2.75, 3.05) is 24.6 Å². The summed E-state index contributed by atoms with van der Waals surface area (Å²) in [5.41, 5.74) is 13.1. The van der Waals surface area contributed by atoms with E-state index in [1.807, 2.05) is 0 Å².